The standard InChI is InChI=1S/C45H60ClFN4O4/c1-29-24-48-43(52)31-7-11-41-40(23-31)51(26-44(28-55-41)14-4-5-36-38(44)9-10-39(46)42(36)47)25-32-6-8-37(32)45(53-3,34-21-33(22-34)30(29)2)27-49-15-17-50(18-16-49)35-12-19-54-20-13-35/h7,9-11,21,23,29-30,32-33,35,37H,4-6,8,12-20,22,24-28H2,1-3H3,(H,48,52)/t29-,30+,32-,33-,37+,44-,45-/m0/s1. The molecule has 10 heteroatoms. The number of piperazine rings is 1. The quantitative estimate of drug-likeness (QED) is 0.332. The Bertz CT molecular complexity index is 1790. The monoisotopic (exact) mass is 774 g/mol. The van der Waals surface area contributed by atoms with Crippen LogP contribution >= 0.6 is 11.6 Å². The minimum atomic E-state index is -0.404. The van der Waals surface area contributed by atoms with Gasteiger partial charge in [-0.1, -0.05) is 37.6 Å². The van der Waals surface area contributed by atoms with Crippen molar-refractivity contribution in [2.75, 3.05) is 84.2 Å². The van der Waals surface area contributed by atoms with Crippen molar-refractivity contribution in [3.63, 3.8) is 0 Å². The molecule has 4 bridgehead atoms. The Balaban J connectivity index is 1.07. The number of hydrogen-bond acceptors (Lipinski definition) is 7. The molecule has 0 unspecified atom stereocenters. The first-order valence-electron chi connectivity index (χ1n) is 21.3. The highest BCUT2D eigenvalue weighted by Gasteiger charge is 2.54. The van der Waals surface area contributed by atoms with E-state index < -0.39 is 5.41 Å². The summed E-state index contributed by atoms with van der Waals surface area (Å²) in [6.45, 7) is 14.2. The van der Waals surface area contributed by atoms with E-state index in [0.29, 0.717) is 67.3 Å². The molecule has 5 aliphatic heterocycles. The fourth-order valence-corrected chi connectivity index (χ4v) is 11.7. The summed E-state index contributed by atoms with van der Waals surface area (Å²) in [4.78, 5) is 21.6. The van der Waals surface area contributed by atoms with Gasteiger partial charge in [-0.05, 0) is 122 Å². The van der Waals surface area contributed by atoms with Crippen LogP contribution in [0.5, 0.6) is 5.75 Å². The summed E-state index contributed by atoms with van der Waals surface area (Å²) in [6, 6.07) is 10.3. The third-order valence-corrected chi connectivity index (χ3v) is 15.7. The van der Waals surface area contributed by atoms with Gasteiger partial charge >= 0.3 is 0 Å². The molecule has 3 fully saturated rings. The fraction of sp³-hybridized carbons (Fsp3) is 0.667. The number of halogens is 2. The molecule has 0 radical (unpaired) electrons. The molecule has 5 heterocycles. The Morgan fingerprint density at radius 3 is 2.60 bits per heavy atom. The number of allylic oxidation sites excluding steroid dienone is 1. The molecule has 10 rings (SSSR count). The maximum Gasteiger partial charge on any atom is 0.251 e. The van der Waals surface area contributed by atoms with Gasteiger partial charge < -0.3 is 24.4 Å². The first-order chi connectivity index (χ1) is 26.7. The molecule has 1 spiro atoms. The zero-order valence-corrected chi connectivity index (χ0v) is 33.8. The normalized spacial score (nSPS) is 34.6. The van der Waals surface area contributed by atoms with Gasteiger partial charge in [0.25, 0.3) is 5.91 Å². The third kappa shape index (κ3) is 6.81. The molecule has 55 heavy (non-hydrogen) atoms. The molecule has 1 N–H and O–H groups in total. The number of amides is 1. The molecule has 3 aliphatic carbocycles. The molecular weight excluding hydrogens is 715 g/mol. The first-order valence-corrected chi connectivity index (χ1v) is 21.6. The maximum absolute atomic E-state index is 15.6. The van der Waals surface area contributed by atoms with Crippen LogP contribution in [0.25, 0.3) is 0 Å². The minimum Gasteiger partial charge on any atom is -0.490 e. The van der Waals surface area contributed by atoms with Crippen molar-refractivity contribution in [3.05, 3.63) is 69.5 Å². The molecule has 0 aromatic heterocycles. The first kappa shape index (κ1) is 37.9. The van der Waals surface area contributed by atoms with Crippen LogP contribution in [-0.4, -0.2) is 107 Å². The molecule has 2 saturated heterocycles. The van der Waals surface area contributed by atoms with Crippen LogP contribution in [0.3, 0.4) is 0 Å². The predicted octanol–water partition coefficient (Wildman–Crippen LogP) is 7.12. The summed E-state index contributed by atoms with van der Waals surface area (Å²) < 4.78 is 35.0. The van der Waals surface area contributed by atoms with Gasteiger partial charge in [-0.25, -0.2) is 4.39 Å². The molecule has 7 atom stereocenters. The van der Waals surface area contributed by atoms with Gasteiger partial charge in [-0.3, -0.25) is 14.6 Å². The van der Waals surface area contributed by atoms with Crippen LogP contribution in [0, 0.1) is 35.4 Å². The number of carbonyl (C=O) groups is 1. The zero-order valence-electron chi connectivity index (χ0n) is 33.1. The number of nitrogens with one attached hydrogen (secondary N) is 1. The topological polar surface area (TPSA) is 66.5 Å². The Kier molecular flexibility index (Phi) is 10.5. The molecular formula is C45H60ClFN4O4. The molecule has 2 aromatic carbocycles. The Morgan fingerprint density at radius 2 is 1.85 bits per heavy atom. The van der Waals surface area contributed by atoms with Crippen molar-refractivity contribution in [1.29, 1.82) is 0 Å². The lowest BCUT2D eigenvalue weighted by atomic mass is 9.57. The summed E-state index contributed by atoms with van der Waals surface area (Å²) in [7, 11) is 1.97. The van der Waals surface area contributed by atoms with Crippen LogP contribution in [0.15, 0.2) is 42.0 Å². The Hall–Kier alpha value is -2.69. The summed E-state index contributed by atoms with van der Waals surface area (Å²) in [5, 5.41) is 3.46. The van der Waals surface area contributed by atoms with Gasteiger partial charge in [0.05, 0.1) is 17.3 Å². The number of methoxy groups -OCH3 is 1. The summed E-state index contributed by atoms with van der Waals surface area (Å²) in [5.74, 6) is 2.45. The highest BCUT2D eigenvalue weighted by Crippen LogP contribution is 2.54. The van der Waals surface area contributed by atoms with E-state index in [-0.39, 0.29) is 22.3 Å². The lowest BCUT2D eigenvalue weighted by Gasteiger charge is -2.56. The Labute approximate surface area is 332 Å². The number of fused-ring (bicyclic) bond motifs is 6. The summed E-state index contributed by atoms with van der Waals surface area (Å²) >= 11 is 6.35. The van der Waals surface area contributed by atoms with Crippen molar-refractivity contribution >= 4 is 23.2 Å². The second kappa shape index (κ2) is 15.2. The van der Waals surface area contributed by atoms with E-state index in [1.165, 1.54) is 5.57 Å². The van der Waals surface area contributed by atoms with E-state index in [1.54, 1.807) is 6.07 Å². The number of hydrogen-bond donors (Lipinski definition) is 1. The van der Waals surface area contributed by atoms with Crippen LogP contribution in [0.1, 0.15) is 80.3 Å². The number of nitrogens with zero attached hydrogens (tertiary/aromatic N) is 3. The smallest absolute Gasteiger partial charge is 0.251 e. The lowest BCUT2D eigenvalue weighted by molar-refractivity contribution is -0.110. The average molecular weight is 775 g/mol. The molecule has 8 aliphatic rings. The molecule has 2 aromatic rings. The summed E-state index contributed by atoms with van der Waals surface area (Å²) in [5.41, 5.74) is 4.08. The second-order valence-electron chi connectivity index (χ2n) is 18.2. The van der Waals surface area contributed by atoms with E-state index in [9.17, 15) is 4.79 Å². The maximum atomic E-state index is 15.6. The van der Waals surface area contributed by atoms with Crippen LogP contribution in [0.4, 0.5) is 10.1 Å². The lowest BCUT2D eigenvalue weighted by Crippen LogP contribution is -2.62. The van der Waals surface area contributed by atoms with E-state index >= 15 is 4.39 Å². The number of carbonyl (C=O) groups excluding carboxylic acids is 1. The zero-order chi connectivity index (χ0) is 37.9. The highest BCUT2D eigenvalue weighted by atomic mass is 35.5. The number of benzene rings is 2. The van der Waals surface area contributed by atoms with Gasteiger partial charge in [0.2, 0.25) is 0 Å². The van der Waals surface area contributed by atoms with Crippen molar-refractivity contribution in [1.82, 2.24) is 15.1 Å². The SMILES string of the molecule is CO[C@@]1(CN2CCN(C3CCOCC3)CC2)C2=C[C@@H](C2)[C@H](C)[C@@H](C)CNC(=O)c2ccc3c(c2)N(C[C@@H]2CC[C@H]21)C[C@@]1(CCCc2c1ccc(Cl)c2F)CO3. The van der Waals surface area contributed by atoms with Crippen LogP contribution < -0.4 is 15.0 Å². The van der Waals surface area contributed by atoms with Crippen molar-refractivity contribution < 1.29 is 23.4 Å². The highest BCUT2D eigenvalue weighted by molar-refractivity contribution is 6.30. The molecule has 1 saturated carbocycles. The number of ether oxygens (including phenoxy) is 3. The molecule has 1 amide bonds. The van der Waals surface area contributed by atoms with Gasteiger partial charge in [0.15, 0.2) is 0 Å². The van der Waals surface area contributed by atoms with Gasteiger partial charge in [-0.15, -0.1) is 0 Å². The van der Waals surface area contributed by atoms with Gasteiger partial charge in [0.1, 0.15) is 17.2 Å². The van der Waals surface area contributed by atoms with E-state index in [0.717, 1.165) is 120 Å². The van der Waals surface area contributed by atoms with Crippen molar-refractivity contribution in [2.24, 2.45) is 29.6 Å². The van der Waals surface area contributed by atoms with Crippen LogP contribution in [0.2, 0.25) is 5.02 Å². The average Bonchev–Trinajstić information content (AvgIpc) is 3.33. The fourth-order valence-electron chi connectivity index (χ4n) is 11.5. The summed E-state index contributed by atoms with van der Waals surface area (Å²) in [6.07, 6.45) is 10.6. The van der Waals surface area contributed by atoms with Gasteiger partial charge in [0, 0.05) is 89.7 Å². The van der Waals surface area contributed by atoms with E-state index in [2.05, 4.69) is 39.9 Å². The second-order valence-corrected chi connectivity index (χ2v) is 18.6. The number of anilines is 1. The largest absolute Gasteiger partial charge is 0.490 e. The third-order valence-electron chi connectivity index (χ3n) is 15.4. The number of rotatable bonds is 4. The molecule has 8 nitrogen and oxygen atoms in total. The van der Waals surface area contributed by atoms with Crippen LogP contribution in [-0.2, 0) is 21.3 Å². The van der Waals surface area contributed by atoms with E-state index in [4.69, 9.17) is 25.8 Å². The predicted molar refractivity (Wildman–Crippen MR) is 215 cm³/mol. The Morgan fingerprint density at radius 1 is 1.05 bits per heavy atom. The van der Waals surface area contributed by atoms with Crippen molar-refractivity contribution in [2.45, 2.75) is 82.3 Å². The minimum absolute atomic E-state index is 0.0470. The molecule has 298 valence electrons. The van der Waals surface area contributed by atoms with Gasteiger partial charge in [-0.2, -0.15) is 0 Å². The van der Waals surface area contributed by atoms with E-state index in [1.807, 2.05) is 31.4 Å². The van der Waals surface area contributed by atoms with Crippen molar-refractivity contribution in [3.8, 4) is 5.75 Å².